The van der Waals surface area contributed by atoms with Crippen LogP contribution >= 0.6 is 11.3 Å². The largest absolute Gasteiger partial charge is 0.351 e. The van der Waals surface area contributed by atoms with Crippen LogP contribution in [0, 0.1) is 5.92 Å². The smallest absolute Gasteiger partial charge is 0.261 e. The van der Waals surface area contributed by atoms with Crippen molar-refractivity contribution in [3.8, 4) is 0 Å². The number of hydrogen-bond acceptors (Lipinski definition) is 3. The Bertz CT molecular complexity index is 525. The quantitative estimate of drug-likeness (QED) is 0.888. The molecule has 0 spiro atoms. The molecule has 3 nitrogen and oxygen atoms in total. The number of benzene rings is 1. The molecule has 1 aliphatic heterocycles. The lowest BCUT2D eigenvalue weighted by molar-refractivity contribution is 0.0952. The lowest BCUT2D eigenvalue weighted by Crippen LogP contribution is -2.29. The molecule has 2 N–H and O–H groups in total. The Morgan fingerprint density at radius 2 is 2.33 bits per heavy atom. The van der Waals surface area contributed by atoms with Gasteiger partial charge in [-0.25, -0.2) is 0 Å². The molecule has 1 saturated heterocycles. The first-order valence-corrected chi connectivity index (χ1v) is 7.12. The van der Waals surface area contributed by atoms with Crippen LogP contribution in [0.4, 0.5) is 0 Å². The molecule has 0 aliphatic carbocycles. The van der Waals surface area contributed by atoms with Crippen molar-refractivity contribution in [3.63, 3.8) is 0 Å². The Balaban J connectivity index is 1.67. The first kappa shape index (κ1) is 11.7. The molecular formula is C14H16N2OS. The van der Waals surface area contributed by atoms with Crippen LogP contribution in [-0.2, 0) is 0 Å². The second-order valence-corrected chi connectivity index (χ2v) is 5.80. The minimum absolute atomic E-state index is 0.0584. The van der Waals surface area contributed by atoms with E-state index >= 15 is 0 Å². The zero-order valence-corrected chi connectivity index (χ0v) is 10.9. The third-order valence-electron chi connectivity index (χ3n) is 3.36. The van der Waals surface area contributed by atoms with E-state index in [1.165, 1.54) is 4.70 Å². The van der Waals surface area contributed by atoms with Crippen molar-refractivity contribution in [1.29, 1.82) is 0 Å². The van der Waals surface area contributed by atoms with E-state index in [0.29, 0.717) is 5.92 Å². The van der Waals surface area contributed by atoms with Crippen LogP contribution in [0.5, 0.6) is 0 Å². The predicted molar refractivity (Wildman–Crippen MR) is 75.1 cm³/mol. The highest BCUT2D eigenvalue weighted by atomic mass is 32.1. The molecule has 1 atom stereocenters. The summed E-state index contributed by atoms with van der Waals surface area (Å²) in [7, 11) is 0. The highest BCUT2D eigenvalue weighted by Gasteiger charge is 2.16. The lowest BCUT2D eigenvalue weighted by atomic mass is 10.1. The normalized spacial score (nSPS) is 19.2. The molecule has 18 heavy (non-hydrogen) atoms. The van der Waals surface area contributed by atoms with Crippen molar-refractivity contribution < 1.29 is 4.79 Å². The summed E-state index contributed by atoms with van der Waals surface area (Å²) in [6.07, 6.45) is 1.16. The summed E-state index contributed by atoms with van der Waals surface area (Å²) in [5.41, 5.74) is 0. The zero-order chi connectivity index (χ0) is 12.4. The van der Waals surface area contributed by atoms with Crippen molar-refractivity contribution in [2.24, 2.45) is 5.92 Å². The standard InChI is InChI=1S/C14H16N2OS/c17-14(16-9-10-5-6-15-8-10)13-7-11-3-1-2-4-12(11)18-13/h1-4,7,10,15H,5-6,8-9H2,(H,16,17). The van der Waals surface area contributed by atoms with E-state index in [9.17, 15) is 4.79 Å². The second kappa shape index (κ2) is 5.08. The molecule has 94 valence electrons. The lowest BCUT2D eigenvalue weighted by Gasteiger charge is -2.08. The van der Waals surface area contributed by atoms with Gasteiger partial charge in [0.15, 0.2) is 0 Å². The molecule has 1 aliphatic rings. The summed E-state index contributed by atoms with van der Waals surface area (Å²) >= 11 is 1.56. The molecule has 0 saturated carbocycles. The maximum Gasteiger partial charge on any atom is 0.261 e. The maximum atomic E-state index is 12.0. The Morgan fingerprint density at radius 3 is 3.11 bits per heavy atom. The van der Waals surface area contributed by atoms with Gasteiger partial charge in [-0.15, -0.1) is 11.3 Å². The van der Waals surface area contributed by atoms with E-state index in [0.717, 1.165) is 36.3 Å². The number of amides is 1. The number of thiophene rings is 1. The summed E-state index contributed by atoms with van der Waals surface area (Å²) < 4.78 is 1.17. The van der Waals surface area contributed by atoms with E-state index in [2.05, 4.69) is 16.7 Å². The number of carbonyl (C=O) groups excluding carboxylic acids is 1. The highest BCUT2D eigenvalue weighted by Crippen LogP contribution is 2.25. The van der Waals surface area contributed by atoms with Crippen molar-refractivity contribution in [3.05, 3.63) is 35.2 Å². The molecule has 0 radical (unpaired) electrons. The Labute approximate surface area is 110 Å². The van der Waals surface area contributed by atoms with Gasteiger partial charge in [-0.3, -0.25) is 4.79 Å². The summed E-state index contributed by atoms with van der Waals surface area (Å²) in [5.74, 6) is 0.645. The molecule has 2 heterocycles. The topological polar surface area (TPSA) is 41.1 Å². The van der Waals surface area contributed by atoms with Crippen LogP contribution in [0.2, 0.25) is 0 Å². The fourth-order valence-corrected chi connectivity index (χ4v) is 3.29. The monoisotopic (exact) mass is 260 g/mol. The van der Waals surface area contributed by atoms with Gasteiger partial charge in [-0.1, -0.05) is 18.2 Å². The Hall–Kier alpha value is -1.39. The van der Waals surface area contributed by atoms with E-state index in [1.54, 1.807) is 11.3 Å². The molecule has 1 unspecified atom stereocenters. The van der Waals surface area contributed by atoms with Crippen molar-refractivity contribution in [2.75, 3.05) is 19.6 Å². The van der Waals surface area contributed by atoms with Crippen LogP contribution in [0.25, 0.3) is 10.1 Å². The molecule has 2 aromatic rings. The van der Waals surface area contributed by atoms with E-state index in [4.69, 9.17) is 0 Å². The SMILES string of the molecule is O=C(NCC1CCNC1)c1cc2ccccc2s1. The molecule has 1 aromatic heterocycles. The third-order valence-corrected chi connectivity index (χ3v) is 4.48. The van der Waals surface area contributed by atoms with Crippen LogP contribution in [0.3, 0.4) is 0 Å². The molecular weight excluding hydrogens is 244 g/mol. The maximum absolute atomic E-state index is 12.0. The van der Waals surface area contributed by atoms with Gasteiger partial charge in [0.1, 0.15) is 0 Å². The van der Waals surface area contributed by atoms with Crippen LogP contribution < -0.4 is 10.6 Å². The van der Waals surface area contributed by atoms with Gasteiger partial charge in [0.25, 0.3) is 5.91 Å². The van der Waals surface area contributed by atoms with Gasteiger partial charge in [-0.05, 0) is 42.9 Å². The third kappa shape index (κ3) is 2.40. The molecule has 3 rings (SSSR count). The number of nitrogens with one attached hydrogen (secondary N) is 2. The fraction of sp³-hybridized carbons (Fsp3) is 0.357. The summed E-state index contributed by atoms with van der Waals surface area (Å²) in [4.78, 5) is 12.9. The first-order valence-electron chi connectivity index (χ1n) is 6.30. The Morgan fingerprint density at radius 1 is 1.44 bits per heavy atom. The zero-order valence-electron chi connectivity index (χ0n) is 10.1. The first-order chi connectivity index (χ1) is 8.83. The summed E-state index contributed by atoms with van der Waals surface area (Å²) in [6, 6.07) is 10.1. The number of fused-ring (bicyclic) bond motifs is 1. The van der Waals surface area contributed by atoms with E-state index in [-0.39, 0.29) is 5.91 Å². The second-order valence-electron chi connectivity index (χ2n) is 4.72. The van der Waals surface area contributed by atoms with Crippen LogP contribution in [0.15, 0.2) is 30.3 Å². The van der Waals surface area contributed by atoms with E-state index < -0.39 is 0 Å². The van der Waals surface area contributed by atoms with Gasteiger partial charge in [-0.2, -0.15) is 0 Å². The minimum atomic E-state index is 0.0584. The summed E-state index contributed by atoms with van der Waals surface area (Å²) in [6.45, 7) is 2.87. The van der Waals surface area contributed by atoms with E-state index in [1.807, 2.05) is 24.3 Å². The van der Waals surface area contributed by atoms with Gasteiger partial charge < -0.3 is 10.6 Å². The van der Waals surface area contributed by atoms with Crippen molar-refractivity contribution in [2.45, 2.75) is 6.42 Å². The van der Waals surface area contributed by atoms with Crippen molar-refractivity contribution >= 4 is 27.3 Å². The molecule has 1 amide bonds. The summed E-state index contributed by atoms with van der Waals surface area (Å²) in [5, 5.41) is 7.49. The van der Waals surface area contributed by atoms with Crippen LogP contribution in [-0.4, -0.2) is 25.5 Å². The molecule has 4 heteroatoms. The fourth-order valence-electron chi connectivity index (χ4n) is 2.31. The van der Waals surface area contributed by atoms with Crippen molar-refractivity contribution in [1.82, 2.24) is 10.6 Å². The molecule has 0 bridgehead atoms. The average Bonchev–Trinajstić information content (AvgIpc) is 3.04. The number of hydrogen-bond donors (Lipinski definition) is 2. The van der Waals surface area contributed by atoms with Gasteiger partial charge >= 0.3 is 0 Å². The predicted octanol–water partition coefficient (Wildman–Crippen LogP) is 2.24. The van der Waals surface area contributed by atoms with Crippen LogP contribution in [0.1, 0.15) is 16.1 Å². The number of rotatable bonds is 3. The van der Waals surface area contributed by atoms with Gasteiger partial charge in [0.05, 0.1) is 4.88 Å². The van der Waals surface area contributed by atoms with Gasteiger partial charge in [0, 0.05) is 11.2 Å². The average molecular weight is 260 g/mol. The van der Waals surface area contributed by atoms with Gasteiger partial charge in [0.2, 0.25) is 0 Å². The molecule has 1 fully saturated rings. The number of carbonyl (C=O) groups is 1. The minimum Gasteiger partial charge on any atom is -0.351 e. The Kier molecular flexibility index (Phi) is 3.30. The molecule has 1 aromatic carbocycles. The highest BCUT2D eigenvalue weighted by molar-refractivity contribution is 7.20.